The van der Waals surface area contributed by atoms with E-state index >= 15 is 0 Å². The molecule has 0 atom stereocenters. The van der Waals surface area contributed by atoms with Crippen LogP contribution < -0.4 is 16.3 Å². The van der Waals surface area contributed by atoms with E-state index < -0.39 is 0 Å². The minimum atomic E-state index is -0.283. The molecule has 0 aliphatic rings. The number of pyridine rings is 1. The summed E-state index contributed by atoms with van der Waals surface area (Å²) >= 11 is 0. The van der Waals surface area contributed by atoms with Crippen molar-refractivity contribution in [2.45, 2.75) is 13.5 Å². The van der Waals surface area contributed by atoms with Crippen molar-refractivity contribution in [3.63, 3.8) is 0 Å². The molecule has 0 aliphatic heterocycles. The molecule has 9 nitrogen and oxygen atoms in total. The summed E-state index contributed by atoms with van der Waals surface area (Å²) in [5, 5.41) is 9.69. The van der Waals surface area contributed by atoms with E-state index in [0.717, 1.165) is 0 Å². The highest BCUT2D eigenvalue weighted by molar-refractivity contribution is 5.95. The first-order valence-corrected chi connectivity index (χ1v) is 8.67. The van der Waals surface area contributed by atoms with E-state index in [1.54, 1.807) is 49.6 Å². The second-order valence-corrected chi connectivity index (χ2v) is 6.12. The average Bonchev–Trinajstić information content (AvgIpc) is 2.97. The summed E-state index contributed by atoms with van der Waals surface area (Å²) in [7, 11) is 1.63. The van der Waals surface area contributed by atoms with Gasteiger partial charge in [-0.2, -0.15) is 0 Å². The zero-order chi connectivity index (χ0) is 20.1. The summed E-state index contributed by atoms with van der Waals surface area (Å²) in [4.78, 5) is 39.8. The zero-order valence-electron chi connectivity index (χ0n) is 15.5. The molecule has 0 unspecified atom stereocenters. The number of amides is 2. The van der Waals surface area contributed by atoms with Crippen molar-refractivity contribution in [1.82, 2.24) is 24.6 Å². The number of carbonyl (C=O) groups is 2. The zero-order valence-corrected chi connectivity index (χ0v) is 15.5. The van der Waals surface area contributed by atoms with Gasteiger partial charge >= 0.3 is 5.69 Å². The van der Waals surface area contributed by atoms with Crippen LogP contribution in [0, 0.1) is 0 Å². The molecule has 0 radical (unpaired) electrons. The van der Waals surface area contributed by atoms with E-state index in [1.807, 2.05) is 6.07 Å². The molecule has 0 aliphatic carbocycles. The van der Waals surface area contributed by atoms with Gasteiger partial charge in [0, 0.05) is 38.0 Å². The SMILES string of the molecule is CC(=O)Nc1ccc(C(=O)NCCn2nc(-c3ccccn3)n(C)c2=O)cc1. The largest absolute Gasteiger partial charge is 0.350 e. The number of rotatable bonds is 6. The van der Waals surface area contributed by atoms with Crippen molar-refractivity contribution in [2.24, 2.45) is 7.05 Å². The van der Waals surface area contributed by atoms with Crippen molar-refractivity contribution < 1.29 is 9.59 Å². The van der Waals surface area contributed by atoms with E-state index in [9.17, 15) is 14.4 Å². The Morgan fingerprint density at radius 1 is 1.11 bits per heavy atom. The first-order valence-electron chi connectivity index (χ1n) is 8.67. The van der Waals surface area contributed by atoms with Gasteiger partial charge in [-0.05, 0) is 36.4 Å². The van der Waals surface area contributed by atoms with Crippen LogP contribution in [0.5, 0.6) is 0 Å². The Labute approximate surface area is 161 Å². The van der Waals surface area contributed by atoms with E-state index in [2.05, 4.69) is 20.7 Å². The Bertz CT molecular complexity index is 1040. The minimum absolute atomic E-state index is 0.178. The van der Waals surface area contributed by atoms with Crippen LogP contribution in [-0.4, -0.2) is 37.7 Å². The first-order chi connectivity index (χ1) is 13.5. The van der Waals surface area contributed by atoms with Gasteiger partial charge in [-0.25, -0.2) is 9.48 Å². The third-order valence-electron chi connectivity index (χ3n) is 4.01. The standard InChI is InChI=1S/C19H20N6O3/c1-13(26)22-15-8-6-14(7-9-15)18(27)21-11-12-25-19(28)24(2)17(23-25)16-5-3-4-10-20-16/h3-10H,11-12H2,1-2H3,(H,21,27)(H,22,26). The summed E-state index contributed by atoms with van der Waals surface area (Å²) in [6.45, 7) is 1.89. The lowest BCUT2D eigenvalue weighted by molar-refractivity contribution is -0.114. The lowest BCUT2D eigenvalue weighted by atomic mass is 10.2. The molecule has 0 spiro atoms. The Morgan fingerprint density at radius 3 is 2.50 bits per heavy atom. The highest BCUT2D eigenvalue weighted by Crippen LogP contribution is 2.11. The molecular weight excluding hydrogens is 360 g/mol. The molecule has 0 bridgehead atoms. The molecule has 28 heavy (non-hydrogen) atoms. The van der Waals surface area contributed by atoms with Gasteiger partial charge in [0.1, 0.15) is 5.69 Å². The van der Waals surface area contributed by atoms with Crippen molar-refractivity contribution in [3.05, 3.63) is 64.7 Å². The molecule has 2 aromatic heterocycles. The van der Waals surface area contributed by atoms with Crippen molar-refractivity contribution in [3.8, 4) is 11.5 Å². The maximum absolute atomic E-state index is 12.3. The second-order valence-electron chi connectivity index (χ2n) is 6.12. The predicted octanol–water partition coefficient (Wildman–Crippen LogP) is 1.03. The van der Waals surface area contributed by atoms with Gasteiger partial charge in [-0.3, -0.25) is 19.1 Å². The second kappa shape index (κ2) is 8.30. The quantitative estimate of drug-likeness (QED) is 0.664. The molecule has 3 rings (SSSR count). The molecule has 3 aromatic rings. The van der Waals surface area contributed by atoms with Crippen molar-refractivity contribution in [1.29, 1.82) is 0 Å². The van der Waals surface area contributed by atoms with Gasteiger partial charge in [0.05, 0.1) is 6.54 Å². The Morgan fingerprint density at radius 2 is 1.86 bits per heavy atom. The maximum atomic E-state index is 12.3. The van der Waals surface area contributed by atoms with Crippen LogP contribution >= 0.6 is 0 Å². The highest BCUT2D eigenvalue weighted by atomic mass is 16.2. The van der Waals surface area contributed by atoms with Gasteiger partial charge in [0.15, 0.2) is 5.82 Å². The summed E-state index contributed by atoms with van der Waals surface area (Å²) in [6, 6.07) is 11.9. The van der Waals surface area contributed by atoms with Crippen LogP contribution in [0.15, 0.2) is 53.5 Å². The van der Waals surface area contributed by atoms with Crippen LogP contribution in [0.2, 0.25) is 0 Å². The number of hydrogen-bond acceptors (Lipinski definition) is 5. The van der Waals surface area contributed by atoms with Crippen LogP contribution in [0.25, 0.3) is 11.5 Å². The molecule has 144 valence electrons. The van der Waals surface area contributed by atoms with E-state index in [4.69, 9.17) is 0 Å². The van der Waals surface area contributed by atoms with Gasteiger partial charge in [-0.15, -0.1) is 5.10 Å². The maximum Gasteiger partial charge on any atom is 0.346 e. The summed E-state index contributed by atoms with van der Waals surface area (Å²) in [5.74, 6) is 0.0110. The van der Waals surface area contributed by atoms with E-state index in [-0.39, 0.29) is 30.6 Å². The normalized spacial score (nSPS) is 10.5. The number of aromatic nitrogens is 4. The number of anilines is 1. The topological polar surface area (TPSA) is 111 Å². The summed E-state index contributed by atoms with van der Waals surface area (Å²) in [5.41, 5.74) is 1.39. The van der Waals surface area contributed by atoms with Gasteiger partial charge in [0.25, 0.3) is 5.91 Å². The Balaban J connectivity index is 1.61. The van der Waals surface area contributed by atoms with Gasteiger partial charge < -0.3 is 10.6 Å². The molecule has 9 heteroatoms. The number of hydrogen-bond donors (Lipinski definition) is 2. The van der Waals surface area contributed by atoms with Gasteiger partial charge in [-0.1, -0.05) is 6.07 Å². The monoisotopic (exact) mass is 380 g/mol. The molecule has 2 amide bonds. The molecule has 2 heterocycles. The fourth-order valence-corrected chi connectivity index (χ4v) is 2.64. The molecule has 2 N–H and O–H groups in total. The molecule has 1 aromatic carbocycles. The molecule has 0 saturated heterocycles. The highest BCUT2D eigenvalue weighted by Gasteiger charge is 2.13. The molecule has 0 fully saturated rings. The first kappa shape index (κ1) is 19.0. The predicted molar refractivity (Wildman–Crippen MR) is 104 cm³/mol. The van der Waals surface area contributed by atoms with Crippen LogP contribution in [0.3, 0.4) is 0 Å². The fraction of sp³-hybridized carbons (Fsp3) is 0.211. The van der Waals surface area contributed by atoms with Crippen LogP contribution in [0.4, 0.5) is 5.69 Å². The van der Waals surface area contributed by atoms with E-state index in [0.29, 0.717) is 22.8 Å². The van der Waals surface area contributed by atoms with E-state index in [1.165, 1.54) is 16.2 Å². The summed E-state index contributed by atoms with van der Waals surface area (Å²) in [6.07, 6.45) is 1.64. The van der Waals surface area contributed by atoms with Crippen molar-refractivity contribution in [2.75, 3.05) is 11.9 Å². The lowest BCUT2D eigenvalue weighted by Crippen LogP contribution is -2.31. The minimum Gasteiger partial charge on any atom is -0.350 e. The van der Waals surface area contributed by atoms with Crippen LogP contribution in [0.1, 0.15) is 17.3 Å². The number of nitrogens with zero attached hydrogens (tertiary/aromatic N) is 4. The average molecular weight is 380 g/mol. The Kier molecular flexibility index (Phi) is 5.64. The number of carbonyl (C=O) groups excluding carboxylic acids is 2. The Hall–Kier alpha value is -3.75. The third-order valence-corrected chi connectivity index (χ3v) is 4.01. The summed E-state index contributed by atoms with van der Waals surface area (Å²) < 4.78 is 2.72. The number of benzene rings is 1. The molecule has 0 saturated carbocycles. The molecular formula is C19H20N6O3. The lowest BCUT2D eigenvalue weighted by Gasteiger charge is -2.06. The van der Waals surface area contributed by atoms with Crippen molar-refractivity contribution >= 4 is 17.5 Å². The third kappa shape index (κ3) is 4.32. The van der Waals surface area contributed by atoms with Gasteiger partial charge in [0.2, 0.25) is 5.91 Å². The number of nitrogens with one attached hydrogen (secondary N) is 2. The fourth-order valence-electron chi connectivity index (χ4n) is 2.64. The van der Waals surface area contributed by atoms with Crippen LogP contribution in [-0.2, 0) is 18.4 Å². The smallest absolute Gasteiger partial charge is 0.346 e.